The molecule has 1 aromatic carbocycles. The summed E-state index contributed by atoms with van der Waals surface area (Å²) in [5.74, 6) is -0.783. The van der Waals surface area contributed by atoms with Crippen LogP contribution < -0.4 is 15.5 Å². The fourth-order valence-electron chi connectivity index (χ4n) is 4.70. The van der Waals surface area contributed by atoms with Crippen LogP contribution in [0, 0.1) is 11.8 Å². The van der Waals surface area contributed by atoms with Gasteiger partial charge in [0.05, 0.1) is 6.26 Å². The highest BCUT2D eigenvalue weighted by molar-refractivity contribution is 6.39. The predicted molar refractivity (Wildman–Crippen MR) is 141 cm³/mol. The number of furan rings is 1. The first-order chi connectivity index (χ1) is 17.8. The zero-order valence-electron chi connectivity index (χ0n) is 21.4. The molecule has 0 bridgehead atoms. The molecular weight excluding hydrogens is 472 g/mol. The Hall–Kier alpha value is -3.88. The van der Waals surface area contributed by atoms with Crippen LogP contribution in [0.2, 0.25) is 0 Å². The second-order valence-corrected chi connectivity index (χ2v) is 9.87. The van der Waals surface area contributed by atoms with Crippen molar-refractivity contribution >= 4 is 41.1 Å². The summed E-state index contributed by atoms with van der Waals surface area (Å²) < 4.78 is 5.20. The molecule has 0 radical (unpaired) electrons. The van der Waals surface area contributed by atoms with E-state index in [9.17, 15) is 19.2 Å². The second kappa shape index (κ2) is 11.9. The van der Waals surface area contributed by atoms with Crippen LogP contribution >= 0.6 is 0 Å². The summed E-state index contributed by atoms with van der Waals surface area (Å²) in [5.41, 5.74) is 2.34. The van der Waals surface area contributed by atoms with Crippen molar-refractivity contribution in [3.05, 3.63) is 54.0 Å². The number of amides is 4. The third-order valence-electron chi connectivity index (χ3n) is 6.84. The molecule has 0 aliphatic carbocycles. The van der Waals surface area contributed by atoms with Gasteiger partial charge in [-0.25, -0.2) is 0 Å². The zero-order valence-corrected chi connectivity index (χ0v) is 21.4. The van der Waals surface area contributed by atoms with Crippen LogP contribution in [0.25, 0.3) is 6.08 Å². The van der Waals surface area contributed by atoms with E-state index in [-0.39, 0.29) is 23.7 Å². The molecule has 0 saturated carbocycles. The minimum absolute atomic E-state index is 0.0449. The number of benzene rings is 1. The maximum Gasteiger partial charge on any atom is 0.313 e. The normalized spacial score (nSPS) is 16.1. The van der Waals surface area contributed by atoms with Crippen molar-refractivity contribution in [1.29, 1.82) is 0 Å². The van der Waals surface area contributed by atoms with Crippen LogP contribution in [0.1, 0.15) is 44.4 Å². The standard InChI is InChI=1S/C28H34N4O5/c1-19(2)28(36)32-13-3-5-21-7-8-22(17-24(21)32)30-27(35)26(34)29-18-20-11-14-31(15-12-20)25(33)10-9-23-6-4-16-37-23/h4,6-10,16-17,19-20H,3,5,11-15,18H2,1-2H3,(H,29,34)(H,30,35)/b10-9+. The first-order valence-corrected chi connectivity index (χ1v) is 12.9. The average molecular weight is 507 g/mol. The van der Waals surface area contributed by atoms with Crippen molar-refractivity contribution in [2.45, 2.75) is 39.5 Å². The van der Waals surface area contributed by atoms with Crippen LogP contribution in [-0.2, 0) is 25.6 Å². The molecule has 2 N–H and O–H groups in total. The number of piperidine rings is 1. The number of nitrogens with one attached hydrogen (secondary N) is 2. The molecule has 3 heterocycles. The third kappa shape index (κ3) is 6.67. The van der Waals surface area contributed by atoms with Crippen molar-refractivity contribution in [3.63, 3.8) is 0 Å². The molecule has 0 atom stereocenters. The summed E-state index contributed by atoms with van der Waals surface area (Å²) in [7, 11) is 0. The lowest BCUT2D eigenvalue weighted by atomic mass is 9.96. The lowest BCUT2D eigenvalue weighted by Gasteiger charge is -2.31. The molecule has 1 saturated heterocycles. The van der Waals surface area contributed by atoms with Gasteiger partial charge in [0, 0.05) is 49.5 Å². The van der Waals surface area contributed by atoms with Crippen LogP contribution in [0.4, 0.5) is 11.4 Å². The average Bonchev–Trinajstić information content (AvgIpc) is 3.43. The Bertz CT molecular complexity index is 1160. The topological polar surface area (TPSA) is 112 Å². The number of rotatable bonds is 6. The maximum absolute atomic E-state index is 12.6. The van der Waals surface area contributed by atoms with Gasteiger partial charge < -0.3 is 24.9 Å². The van der Waals surface area contributed by atoms with Crippen molar-refractivity contribution in [1.82, 2.24) is 10.2 Å². The molecule has 0 unspecified atom stereocenters. The largest absolute Gasteiger partial charge is 0.465 e. The van der Waals surface area contributed by atoms with E-state index in [2.05, 4.69) is 10.6 Å². The van der Waals surface area contributed by atoms with Crippen molar-refractivity contribution in [2.24, 2.45) is 11.8 Å². The highest BCUT2D eigenvalue weighted by atomic mass is 16.3. The number of likely N-dealkylation sites (tertiary alicyclic amines) is 1. The van der Waals surface area contributed by atoms with E-state index < -0.39 is 11.8 Å². The van der Waals surface area contributed by atoms with E-state index in [0.29, 0.717) is 37.6 Å². The molecule has 2 aliphatic rings. The van der Waals surface area contributed by atoms with Gasteiger partial charge in [-0.15, -0.1) is 0 Å². The van der Waals surface area contributed by atoms with Gasteiger partial charge >= 0.3 is 11.8 Å². The quantitative estimate of drug-likeness (QED) is 0.462. The number of nitrogens with zero attached hydrogens (tertiary/aromatic N) is 2. The van der Waals surface area contributed by atoms with Gasteiger partial charge in [0.1, 0.15) is 5.76 Å². The number of anilines is 2. The number of fused-ring (bicyclic) bond motifs is 1. The summed E-state index contributed by atoms with van der Waals surface area (Å²) in [6.07, 6.45) is 7.96. The lowest BCUT2D eigenvalue weighted by Crippen LogP contribution is -2.43. The minimum atomic E-state index is -0.742. The molecule has 196 valence electrons. The number of hydrogen-bond donors (Lipinski definition) is 2. The van der Waals surface area contributed by atoms with Crippen LogP contribution in [0.15, 0.2) is 47.1 Å². The Morgan fingerprint density at radius 3 is 2.57 bits per heavy atom. The molecule has 0 spiro atoms. The first kappa shape index (κ1) is 26.2. The second-order valence-electron chi connectivity index (χ2n) is 9.87. The highest BCUT2D eigenvalue weighted by Gasteiger charge is 2.26. The zero-order chi connectivity index (χ0) is 26.4. The Balaban J connectivity index is 1.24. The molecule has 2 aromatic rings. The molecule has 9 heteroatoms. The Labute approximate surface area is 216 Å². The van der Waals surface area contributed by atoms with E-state index in [1.54, 1.807) is 46.4 Å². The smallest absolute Gasteiger partial charge is 0.313 e. The van der Waals surface area contributed by atoms with Crippen LogP contribution in [-0.4, -0.2) is 54.7 Å². The van der Waals surface area contributed by atoms with Crippen molar-refractivity contribution in [2.75, 3.05) is 36.4 Å². The molecule has 9 nitrogen and oxygen atoms in total. The molecule has 4 rings (SSSR count). The molecule has 1 aromatic heterocycles. The van der Waals surface area contributed by atoms with Gasteiger partial charge in [0.25, 0.3) is 0 Å². The molecule has 37 heavy (non-hydrogen) atoms. The van der Waals surface area contributed by atoms with Crippen LogP contribution in [0.3, 0.4) is 0 Å². The SMILES string of the molecule is CC(C)C(=O)N1CCCc2ccc(NC(=O)C(=O)NCC3CCN(C(=O)/C=C/c4ccco4)CC3)cc21. The molecule has 2 aliphatic heterocycles. The number of carbonyl (C=O) groups excluding carboxylic acids is 4. The summed E-state index contributed by atoms with van der Waals surface area (Å²) in [4.78, 5) is 53.5. The highest BCUT2D eigenvalue weighted by Crippen LogP contribution is 2.31. The van der Waals surface area contributed by atoms with Gasteiger partial charge in [-0.05, 0) is 67.5 Å². The van der Waals surface area contributed by atoms with E-state index in [0.717, 1.165) is 36.9 Å². The minimum Gasteiger partial charge on any atom is -0.465 e. The fraction of sp³-hybridized carbons (Fsp3) is 0.429. The fourth-order valence-corrected chi connectivity index (χ4v) is 4.70. The molecule has 1 fully saturated rings. The van der Waals surface area contributed by atoms with Crippen molar-refractivity contribution < 1.29 is 23.6 Å². The Morgan fingerprint density at radius 1 is 1.08 bits per heavy atom. The third-order valence-corrected chi connectivity index (χ3v) is 6.84. The van der Waals surface area contributed by atoms with E-state index in [1.165, 1.54) is 6.08 Å². The van der Waals surface area contributed by atoms with Gasteiger partial charge in [-0.2, -0.15) is 0 Å². The number of hydrogen-bond acceptors (Lipinski definition) is 5. The van der Waals surface area contributed by atoms with Gasteiger partial charge in [-0.3, -0.25) is 19.2 Å². The van der Waals surface area contributed by atoms with E-state index >= 15 is 0 Å². The molecule has 4 amide bonds. The number of aryl methyl sites for hydroxylation is 1. The maximum atomic E-state index is 12.6. The Kier molecular flexibility index (Phi) is 8.43. The lowest BCUT2D eigenvalue weighted by molar-refractivity contribution is -0.136. The van der Waals surface area contributed by atoms with Crippen LogP contribution in [0.5, 0.6) is 0 Å². The van der Waals surface area contributed by atoms with Gasteiger partial charge in [0.2, 0.25) is 11.8 Å². The Morgan fingerprint density at radius 2 is 1.86 bits per heavy atom. The van der Waals surface area contributed by atoms with E-state index in [4.69, 9.17) is 4.42 Å². The monoisotopic (exact) mass is 506 g/mol. The van der Waals surface area contributed by atoms with Crippen molar-refractivity contribution in [3.8, 4) is 0 Å². The van der Waals surface area contributed by atoms with Gasteiger partial charge in [-0.1, -0.05) is 19.9 Å². The first-order valence-electron chi connectivity index (χ1n) is 12.9. The summed E-state index contributed by atoms with van der Waals surface area (Å²) in [6, 6.07) is 8.98. The number of carbonyl (C=O) groups is 4. The predicted octanol–water partition coefficient (Wildman–Crippen LogP) is 3.22. The van der Waals surface area contributed by atoms with Gasteiger partial charge in [0.15, 0.2) is 0 Å². The summed E-state index contributed by atoms with van der Waals surface area (Å²) in [5, 5.41) is 5.38. The molecular formula is C28H34N4O5. The van der Waals surface area contributed by atoms with E-state index in [1.807, 2.05) is 19.9 Å². The summed E-state index contributed by atoms with van der Waals surface area (Å²) in [6.45, 7) is 5.94. The summed E-state index contributed by atoms with van der Waals surface area (Å²) >= 11 is 0.